The average Bonchev–Trinajstić information content (AvgIpc) is 3.37. The third-order valence-corrected chi connectivity index (χ3v) is 7.45. The van der Waals surface area contributed by atoms with Gasteiger partial charge in [-0.1, -0.05) is 55.2 Å². The summed E-state index contributed by atoms with van der Waals surface area (Å²) in [6.07, 6.45) is 5.53. The van der Waals surface area contributed by atoms with Crippen LogP contribution in [0.25, 0.3) is 0 Å². The minimum atomic E-state index is -0.812. The zero-order chi connectivity index (χ0) is 24.8. The van der Waals surface area contributed by atoms with Crippen molar-refractivity contribution in [1.29, 1.82) is 0 Å². The lowest BCUT2D eigenvalue weighted by atomic mass is 9.94. The molecule has 1 aliphatic rings. The van der Waals surface area contributed by atoms with E-state index in [2.05, 4.69) is 5.32 Å². The molecule has 2 amide bonds. The van der Waals surface area contributed by atoms with E-state index in [0.29, 0.717) is 11.3 Å². The summed E-state index contributed by atoms with van der Waals surface area (Å²) >= 11 is 1.52. The predicted molar refractivity (Wildman–Crippen MR) is 141 cm³/mol. The van der Waals surface area contributed by atoms with Crippen LogP contribution in [0.3, 0.4) is 0 Å². The van der Waals surface area contributed by atoms with Crippen LogP contribution in [-0.4, -0.2) is 23.6 Å². The van der Waals surface area contributed by atoms with Crippen LogP contribution >= 0.6 is 11.3 Å². The van der Waals surface area contributed by atoms with E-state index in [4.69, 9.17) is 0 Å². The molecule has 1 heterocycles. The van der Waals surface area contributed by atoms with Gasteiger partial charge in [0.15, 0.2) is 5.78 Å². The van der Waals surface area contributed by atoms with Gasteiger partial charge in [0.05, 0.1) is 6.42 Å². The van der Waals surface area contributed by atoms with Crippen molar-refractivity contribution in [3.05, 3.63) is 87.6 Å². The number of rotatable bonds is 8. The molecule has 182 valence electrons. The quantitative estimate of drug-likeness (QED) is 0.394. The van der Waals surface area contributed by atoms with Crippen molar-refractivity contribution in [3.63, 3.8) is 0 Å². The molecule has 1 N–H and O–H groups in total. The second-order valence-corrected chi connectivity index (χ2v) is 10.3. The van der Waals surface area contributed by atoms with Crippen molar-refractivity contribution in [2.24, 2.45) is 0 Å². The molecule has 1 aromatic heterocycles. The number of carbonyl (C=O) groups excluding carboxylic acids is 3. The first-order valence-corrected chi connectivity index (χ1v) is 13.1. The maximum absolute atomic E-state index is 13.8. The highest BCUT2D eigenvalue weighted by Crippen LogP contribution is 2.31. The Morgan fingerprint density at radius 3 is 2.26 bits per heavy atom. The van der Waals surface area contributed by atoms with Gasteiger partial charge in [-0.3, -0.25) is 19.3 Å². The van der Waals surface area contributed by atoms with Crippen molar-refractivity contribution in [3.8, 4) is 0 Å². The topological polar surface area (TPSA) is 66.5 Å². The van der Waals surface area contributed by atoms with Crippen LogP contribution in [0.4, 0.5) is 5.69 Å². The lowest BCUT2D eigenvalue weighted by Gasteiger charge is -2.33. The normalized spacial score (nSPS) is 14.8. The molecule has 5 nitrogen and oxygen atoms in total. The highest BCUT2D eigenvalue weighted by Gasteiger charge is 2.34. The Bertz CT molecular complexity index is 1150. The standard InChI is InChI=1S/C29H32N2O3S/c1-20-10-12-23(13-11-20)28(29(34)30-24-7-4-3-5-8-24)31(27(33)19-26-9-6-18-35-26)25-16-14-22(15-17-25)21(2)32/h6,9-18,24,28H,3-5,7-8,19H2,1-2H3,(H,30,34). The van der Waals surface area contributed by atoms with Gasteiger partial charge in [-0.25, -0.2) is 0 Å². The first-order valence-electron chi connectivity index (χ1n) is 12.2. The summed E-state index contributed by atoms with van der Waals surface area (Å²) in [6.45, 7) is 3.52. The molecule has 1 unspecified atom stereocenters. The number of hydrogen-bond acceptors (Lipinski definition) is 4. The molecule has 0 spiro atoms. The summed E-state index contributed by atoms with van der Waals surface area (Å²) < 4.78 is 0. The van der Waals surface area contributed by atoms with E-state index < -0.39 is 6.04 Å². The van der Waals surface area contributed by atoms with E-state index in [0.717, 1.165) is 41.7 Å². The lowest BCUT2D eigenvalue weighted by Crippen LogP contribution is -2.47. The van der Waals surface area contributed by atoms with Crippen molar-refractivity contribution in [2.45, 2.75) is 64.5 Å². The summed E-state index contributed by atoms with van der Waals surface area (Å²) in [4.78, 5) is 42.0. The minimum absolute atomic E-state index is 0.0434. The summed E-state index contributed by atoms with van der Waals surface area (Å²) in [5, 5.41) is 5.19. The largest absolute Gasteiger partial charge is 0.351 e. The first kappa shape index (κ1) is 24.9. The molecular formula is C29H32N2O3S. The molecule has 0 aliphatic heterocycles. The van der Waals surface area contributed by atoms with Gasteiger partial charge in [0, 0.05) is 22.2 Å². The highest BCUT2D eigenvalue weighted by atomic mass is 32.1. The van der Waals surface area contributed by atoms with Crippen LogP contribution in [0, 0.1) is 6.92 Å². The average molecular weight is 489 g/mol. The van der Waals surface area contributed by atoms with Crippen LogP contribution in [-0.2, 0) is 16.0 Å². The maximum Gasteiger partial charge on any atom is 0.248 e. The van der Waals surface area contributed by atoms with Crippen molar-refractivity contribution in [1.82, 2.24) is 5.32 Å². The van der Waals surface area contributed by atoms with Gasteiger partial charge >= 0.3 is 0 Å². The Balaban J connectivity index is 1.75. The van der Waals surface area contributed by atoms with E-state index in [-0.39, 0.29) is 30.1 Å². The fourth-order valence-electron chi connectivity index (χ4n) is 4.63. The minimum Gasteiger partial charge on any atom is -0.351 e. The lowest BCUT2D eigenvalue weighted by molar-refractivity contribution is -0.127. The van der Waals surface area contributed by atoms with Crippen LogP contribution < -0.4 is 10.2 Å². The van der Waals surface area contributed by atoms with E-state index in [1.165, 1.54) is 24.7 Å². The molecule has 1 atom stereocenters. The van der Waals surface area contributed by atoms with Crippen LogP contribution in [0.5, 0.6) is 0 Å². The van der Waals surface area contributed by atoms with E-state index in [9.17, 15) is 14.4 Å². The van der Waals surface area contributed by atoms with Crippen LogP contribution in [0.1, 0.15) is 71.4 Å². The molecule has 0 saturated heterocycles. The summed E-state index contributed by atoms with van der Waals surface area (Å²) in [7, 11) is 0. The zero-order valence-corrected chi connectivity index (χ0v) is 21.1. The second kappa shape index (κ2) is 11.5. The van der Waals surface area contributed by atoms with Crippen molar-refractivity contribution in [2.75, 3.05) is 4.90 Å². The van der Waals surface area contributed by atoms with E-state index in [1.54, 1.807) is 29.2 Å². The fourth-order valence-corrected chi connectivity index (χ4v) is 5.33. The molecule has 6 heteroatoms. The fraction of sp³-hybridized carbons (Fsp3) is 0.345. The number of nitrogens with one attached hydrogen (secondary N) is 1. The first-order chi connectivity index (χ1) is 16.9. The number of carbonyl (C=O) groups is 3. The Morgan fingerprint density at radius 2 is 1.66 bits per heavy atom. The van der Waals surface area contributed by atoms with Gasteiger partial charge < -0.3 is 5.32 Å². The van der Waals surface area contributed by atoms with E-state index >= 15 is 0 Å². The summed E-state index contributed by atoms with van der Waals surface area (Å²) in [6, 6.07) is 17.9. The van der Waals surface area contributed by atoms with Gasteiger partial charge in [0.25, 0.3) is 0 Å². The number of thiophene rings is 1. The van der Waals surface area contributed by atoms with Crippen LogP contribution in [0.2, 0.25) is 0 Å². The smallest absolute Gasteiger partial charge is 0.248 e. The molecule has 4 rings (SSSR count). The molecule has 1 saturated carbocycles. The Labute approximate surface area is 211 Å². The predicted octanol–water partition coefficient (Wildman–Crippen LogP) is 6.03. The van der Waals surface area contributed by atoms with E-state index in [1.807, 2.05) is 48.7 Å². The molecule has 1 fully saturated rings. The molecule has 1 aliphatic carbocycles. The molecule has 0 bridgehead atoms. The summed E-state index contributed by atoms with van der Waals surface area (Å²) in [5.41, 5.74) is 3.01. The number of nitrogens with zero attached hydrogens (tertiary/aromatic N) is 1. The van der Waals surface area contributed by atoms with Crippen molar-refractivity contribution >= 4 is 34.6 Å². The van der Waals surface area contributed by atoms with Gasteiger partial charge in [-0.15, -0.1) is 11.3 Å². The zero-order valence-electron chi connectivity index (χ0n) is 20.3. The molecular weight excluding hydrogens is 456 g/mol. The number of benzene rings is 2. The number of ketones is 1. The summed E-state index contributed by atoms with van der Waals surface area (Å²) in [5.74, 6) is -0.374. The van der Waals surface area contributed by atoms with Crippen molar-refractivity contribution < 1.29 is 14.4 Å². The second-order valence-electron chi connectivity index (χ2n) is 9.28. The molecule has 3 aromatic rings. The maximum atomic E-state index is 13.8. The SMILES string of the molecule is CC(=O)c1ccc(N(C(=O)Cc2cccs2)C(C(=O)NC2CCCCC2)c2ccc(C)cc2)cc1. The molecule has 35 heavy (non-hydrogen) atoms. The van der Waals surface area contributed by atoms with Gasteiger partial charge in [-0.2, -0.15) is 0 Å². The molecule has 0 radical (unpaired) electrons. The molecule has 2 aromatic carbocycles. The Kier molecular flexibility index (Phi) is 8.13. The van der Waals surface area contributed by atoms with Gasteiger partial charge in [-0.05, 0) is 68.0 Å². The Morgan fingerprint density at radius 1 is 0.971 bits per heavy atom. The number of amides is 2. The Hall–Kier alpha value is -3.25. The third-order valence-electron chi connectivity index (χ3n) is 6.58. The highest BCUT2D eigenvalue weighted by molar-refractivity contribution is 7.10. The van der Waals surface area contributed by atoms with Gasteiger partial charge in [0.2, 0.25) is 11.8 Å². The number of aryl methyl sites for hydroxylation is 1. The number of hydrogen-bond donors (Lipinski definition) is 1. The number of Topliss-reactive ketones (excluding diaryl/α,β-unsaturated/α-hetero) is 1. The van der Waals surface area contributed by atoms with Gasteiger partial charge in [0.1, 0.15) is 6.04 Å². The monoisotopic (exact) mass is 488 g/mol. The number of anilines is 1. The van der Waals surface area contributed by atoms with Crippen LogP contribution in [0.15, 0.2) is 66.0 Å². The third kappa shape index (κ3) is 6.25.